The molecule has 12 atom stereocenters. The number of hydrogen-bond donors (Lipinski definition) is 16. The van der Waals surface area contributed by atoms with Crippen LogP contribution in [0.15, 0.2) is 36.4 Å². The lowest BCUT2D eigenvalue weighted by Crippen LogP contribution is -2.55. The predicted molar refractivity (Wildman–Crippen MR) is 234 cm³/mol. The number of nitrogens with one attached hydrogen (secondary N) is 3. The summed E-state index contributed by atoms with van der Waals surface area (Å²) in [6.45, 7) is -3.14. The van der Waals surface area contributed by atoms with E-state index >= 15 is 0 Å². The van der Waals surface area contributed by atoms with Gasteiger partial charge < -0.3 is 106 Å². The van der Waals surface area contributed by atoms with E-state index in [-0.39, 0.29) is 17.5 Å². The molecule has 0 aliphatic carbocycles. The predicted octanol–water partition coefficient (Wildman–Crippen LogP) is -3.73. The largest absolute Gasteiger partial charge is 0.504 e. The molecule has 3 aromatic carbocycles. The number of esters is 3. The fraction of sp³-hybridized carbons (Fsp3) is 0.467. The van der Waals surface area contributed by atoms with Crippen molar-refractivity contribution in [2.75, 3.05) is 33.0 Å². The van der Waals surface area contributed by atoms with Crippen molar-refractivity contribution < 1.29 is 119 Å². The van der Waals surface area contributed by atoms with E-state index in [0.29, 0.717) is 18.4 Å². The summed E-state index contributed by atoms with van der Waals surface area (Å²) in [6.07, 6.45) is -13.7. The molecule has 12 unspecified atom stereocenters. The smallest absolute Gasteiger partial charge is 0.332 e. The highest BCUT2D eigenvalue weighted by atomic mass is 16.6. The van der Waals surface area contributed by atoms with Crippen LogP contribution in [0.1, 0.15) is 79.7 Å². The first-order valence-electron chi connectivity index (χ1n) is 22.1. The molecule has 3 aliphatic heterocycles. The Bertz CT molecular complexity index is 2540. The molecule has 0 spiro atoms. The molecule has 16 N–H and O–H groups in total. The number of cyclic esters (lactones) is 3. The maximum absolute atomic E-state index is 13.8. The van der Waals surface area contributed by atoms with Crippen LogP contribution < -0.4 is 16.0 Å². The molecule has 72 heavy (non-hydrogen) atoms. The molecule has 3 saturated heterocycles. The maximum atomic E-state index is 13.8. The molecular weight excluding hydrogens is 966 g/mol. The number of aryl methyl sites for hydroxylation is 1. The Morgan fingerprint density at radius 2 is 0.958 bits per heavy atom. The lowest BCUT2D eigenvalue weighted by atomic mass is 9.90. The molecule has 6 rings (SSSR count). The SMILES string of the molecule is CCCc1cc(O)c(O)c(C(=O)NC2COC(=O)C(NC(=O)c3cc(C4OC(CO)C(O)C(O)C4O)cc(O)c3O)COC(=O)C(NC(=O)c3cc(C4OC(CO)CC(O)C4O)cc(O)c3O)COC2=O)c1. The van der Waals surface area contributed by atoms with E-state index in [2.05, 4.69) is 16.0 Å². The third-order valence-corrected chi connectivity index (χ3v) is 11.9. The highest BCUT2D eigenvalue weighted by Gasteiger charge is 2.45. The molecule has 27 heteroatoms. The molecule has 0 radical (unpaired) electrons. The number of amides is 3. The molecule has 3 fully saturated rings. The van der Waals surface area contributed by atoms with Crippen molar-refractivity contribution >= 4 is 35.6 Å². The van der Waals surface area contributed by atoms with E-state index in [9.17, 15) is 95.2 Å². The molecule has 3 amide bonds. The quantitative estimate of drug-likeness (QED) is 0.0471. The number of carbonyl (C=O) groups excluding carboxylic acids is 6. The van der Waals surface area contributed by atoms with E-state index < -0.39 is 193 Å². The van der Waals surface area contributed by atoms with Gasteiger partial charge in [-0.15, -0.1) is 0 Å². The van der Waals surface area contributed by atoms with Crippen molar-refractivity contribution in [2.24, 2.45) is 0 Å². The van der Waals surface area contributed by atoms with Gasteiger partial charge in [-0.1, -0.05) is 13.3 Å². The number of aliphatic hydroxyl groups is 7. The Morgan fingerprint density at radius 1 is 0.542 bits per heavy atom. The number of hydrogen-bond acceptors (Lipinski definition) is 24. The summed E-state index contributed by atoms with van der Waals surface area (Å²) in [5.41, 5.74) is -2.33. The zero-order valence-electron chi connectivity index (χ0n) is 37.9. The van der Waals surface area contributed by atoms with Crippen LogP contribution in [-0.2, 0) is 44.5 Å². The number of phenolic OH excluding ortho intramolecular Hbond substituents is 6. The van der Waals surface area contributed by atoms with Crippen LogP contribution >= 0.6 is 0 Å². The first-order valence-corrected chi connectivity index (χ1v) is 22.1. The maximum Gasteiger partial charge on any atom is 0.332 e. The topological polar surface area (TPSA) is 448 Å². The summed E-state index contributed by atoms with van der Waals surface area (Å²) in [5, 5.41) is 142. The highest BCUT2D eigenvalue weighted by molar-refractivity contribution is 6.02. The van der Waals surface area contributed by atoms with Crippen molar-refractivity contribution in [3.05, 3.63) is 69.8 Å². The van der Waals surface area contributed by atoms with E-state index in [0.717, 1.165) is 24.3 Å². The first-order chi connectivity index (χ1) is 34.1. The van der Waals surface area contributed by atoms with Gasteiger partial charge >= 0.3 is 17.9 Å². The van der Waals surface area contributed by atoms with E-state index in [1.165, 1.54) is 12.1 Å². The molecule has 3 heterocycles. The van der Waals surface area contributed by atoms with Crippen LogP contribution in [0.5, 0.6) is 34.5 Å². The second-order valence-electron chi connectivity index (χ2n) is 17.0. The summed E-state index contributed by atoms with van der Waals surface area (Å²) in [5.74, 6) is -14.4. The standard InChI is InChI=1S/C45H53N3O24/c1-2-3-16-4-20(31(55)26(51)5-16)40(62)46-23-13-68-44(66)25(48-42(64)22-7-18(9-28(53)33(22)57)39-37(61)36(60)35(59)30(12-50)72-39)15-70-45(67)24(14-69-43(23)65)47-41(63)21-6-17(8-27(52)32(21)56)38-34(58)29(54)10-19(11-49)71-38/h4-9,19,23-25,29-30,34-39,49-61H,2-3,10-15H2,1H3,(H,46,62)(H,47,63)(H,48,64). The third-order valence-electron chi connectivity index (χ3n) is 11.9. The van der Waals surface area contributed by atoms with E-state index in [1.807, 2.05) is 0 Å². The Labute approximate surface area is 406 Å². The minimum Gasteiger partial charge on any atom is -0.504 e. The van der Waals surface area contributed by atoms with Crippen molar-refractivity contribution in [3.8, 4) is 34.5 Å². The summed E-state index contributed by atoms with van der Waals surface area (Å²) >= 11 is 0. The monoisotopic (exact) mass is 1020 g/mol. The summed E-state index contributed by atoms with van der Waals surface area (Å²) < 4.78 is 26.8. The van der Waals surface area contributed by atoms with Gasteiger partial charge in [-0.25, -0.2) is 14.4 Å². The number of rotatable bonds is 12. The number of phenols is 6. The van der Waals surface area contributed by atoms with Gasteiger partial charge in [-0.3, -0.25) is 14.4 Å². The summed E-state index contributed by atoms with van der Waals surface area (Å²) in [7, 11) is 0. The van der Waals surface area contributed by atoms with Gasteiger partial charge in [-0.2, -0.15) is 0 Å². The second-order valence-corrected chi connectivity index (χ2v) is 17.0. The highest BCUT2D eigenvalue weighted by Crippen LogP contribution is 2.40. The van der Waals surface area contributed by atoms with Crippen LogP contribution in [-0.4, -0.2) is 196 Å². The van der Waals surface area contributed by atoms with Gasteiger partial charge in [0.05, 0.1) is 42.1 Å². The Kier molecular flexibility index (Phi) is 17.3. The van der Waals surface area contributed by atoms with E-state index in [1.54, 1.807) is 6.92 Å². The summed E-state index contributed by atoms with van der Waals surface area (Å²) in [6, 6.07) is -0.467. The zero-order valence-corrected chi connectivity index (χ0v) is 37.9. The number of carbonyl (C=O) groups is 6. The lowest BCUT2D eigenvalue weighted by Gasteiger charge is -2.40. The van der Waals surface area contributed by atoms with Crippen molar-refractivity contribution in [3.63, 3.8) is 0 Å². The van der Waals surface area contributed by atoms with Gasteiger partial charge in [0.2, 0.25) is 0 Å². The second kappa shape index (κ2) is 23.0. The molecule has 27 nitrogen and oxygen atoms in total. The molecule has 0 saturated carbocycles. The minimum absolute atomic E-state index is 0.191. The number of aromatic hydroxyl groups is 6. The average molecular weight is 1020 g/mol. The Hall–Kier alpha value is -7.08. The van der Waals surface area contributed by atoms with Crippen LogP contribution in [0, 0.1) is 0 Å². The van der Waals surface area contributed by atoms with Gasteiger partial charge in [0, 0.05) is 6.42 Å². The number of aliphatic hydroxyl groups excluding tert-OH is 7. The van der Waals surface area contributed by atoms with Crippen molar-refractivity contribution in [1.82, 2.24) is 16.0 Å². The van der Waals surface area contributed by atoms with Gasteiger partial charge in [0.25, 0.3) is 17.7 Å². The molecule has 3 aliphatic rings. The van der Waals surface area contributed by atoms with Crippen LogP contribution in [0.4, 0.5) is 0 Å². The average Bonchev–Trinajstić information content (AvgIpc) is 3.34. The Balaban J connectivity index is 1.32. The van der Waals surface area contributed by atoms with Gasteiger partial charge in [0.15, 0.2) is 52.6 Å². The molecular formula is C45H53N3O24. The molecule has 3 aromatic rings. The lowest BCUT2D eigenvalue weighted by molar-refractivity contribution is -0.231. The fourth-order valence-corrected chi connectivity index (χ4v) is 7.98. The number of ether oxygens (including phenoxy) is 5. The fourth-order valence-electron chi connectivity index (χ4n) is 7.98. The summed E-state index contributed by atoms with van der Waals surface area (Å²) in [4.78, 5) is 82.5. The number of benzene rings is 3. The van der Waals surface area contributed by atoms with E-state index in [4.69, 9.17) is 23.7 Å². The first kappa shape index (κ1) is 54.3. The van der Waals surface area contributed by atoms with Gasteiger partial charge in [0.1, 0.15) is 62.5 Å². The van der Waals surface area contributed by atoms with Crippen molar-refractivity contribution in [1.29, 1.82) is 0 Å². The van der Waals surface area contributed by atoms with Crippen LogP contribution in [0.3, 0.4) is 0 Å². The van der Waals surface area contributed by atoms with Crippen LogP contribution in [0.25, 0.3) is 0 Å². The molecule has 0 aromatic heterocycles. The Morgan fingerprint density at radius 3 is 1.38 bits per heavy atom. The van der Waals surface area contributed by atoms with Gasteiger partial charge in [-0.05, 0) is 59.5 Å². The zero-order chi connectivity index (χ0) is 52.9. The normalized spacial score (nSPS) is 28.2. The molecule has 0 bridgehead atoms. The third kappa shape index (κ3) is 11.8. The minimum atomic E-state index is -2.13. The van der Waals surface area contributed by atoms with Crippen LogP contribution in [0.2, 0.25) is 0 Å². The van der Waals surface area contributed by atoms with Crippen molar-refractivity contribution in [2.45, 2.75) is 99.2 Å². The molecule has 392 valence electrons.